The largest absolute Gasteiger partial charge is 0.508 e. The third kappa shape index (κ3) is 2.36. The molecule has 0 aliphatic heterocycles. The van der Waals surface area contributed by atoms with Crippen LogP contribution in [0.5, 0.6) is 5.75 Å². The Balaban J connectivity index is 2.46. The van der Waals surface area contributed by atoms with E-state index in [4.69, 9.17) is 11.6 Å². The third-order valence-electron chi connectivity index (χ3n) is 3.17. The maximum absolute atomic E-state index is 13.5. The molecule has 0 atom stereocenters. The van der Waals surface area contributed by atoms with Gasteiger partial charge in [0.25, 0.3) is 0 Å². The van der Waals surface area contributed by atoms with Gasteiger partial charge in [0, 0.05) is 22.5 Å². The lowest BCUT2D eigenvalue weighted by molar-refractivity contribution is 0.468. The van der Waals surface area contributed by atoms with E-state index < -0.39 is 11.5 Å². The number of aromatic hydroxyl groups is 1. The summed E-state index contributed by atoms with van der Waals surface area (Å²) >= 11 is 5.99. The van der Waals surface area contributed by atoms with Crippen molar-refractivity contribution in [1.82, 2.24) is 9.55 Å². The first kappa shape index (κ1) is 13.6. The minimum absolute atomic E-state index is 0.192. The van der Waals surface area contributed by atoms with Crippen molar-refractivity contribution in [2.75, 3.05) is 0 Å². The lowest BCUT2D eigenvalue weighted by Gasteiger charge is -2.12. The van der Waals surface area contributed by atoms with E-state index in [1.54, 1.807) is 25.1 Å². The number of aryl methyl sites for hydroxylation is 1. The van der Waals surface area contributed by atoms with Crippen LogP contribution in [-0.2, 0) is 0 Å². The van der Waals surface area contributed by atoms with E-state index >= 15 is 0 Å². The number of halogens is 2. The molecule has 21 heavy (non-hydrogen) atoms. The number of benzene rings is 2. The van der Waals surface area contributed by atoms with Gasteiger partial charge in [-0.05, 0) is 31.2 Å². The van der Waals surface area contributed by atoms with Crippen LogP contribution >= 0.6 is 11.6 Å². The molecule has 0 radical (unpaired) electrons. The Morgan fingerprint density at radius 3 is 2.71 bits per heavy atom. The Morgan fingerprint density at radius 1 is 1.24 bits per heavy atom. The van der Waals surface area contributed by atoms with Crippen LogP contribution in [0.15, 0.2) is 41.2 Å². The first-order valence-electron chi connectivity index (χ1n) is 6.14. The van der Waals surface area contributed by atoms with Crippen LogP contribution in [0.3, 0.4) is 0 Å². The highest BCUT2D eigenvalue weighted by molar-refractivity contribution is 6.31. The monoisotopic (exact) mass is 304 g/mol. The average molecular weight is 305 g/mol. The molecule has 106 valence electrons. The first-order chi connectivity index (χ1) is 9.95. The van der Waals surface area contributed by atoms with E-state index in [9.17, 15) is 14.3 Å². The van der Waals surface area contributed by atoms with Crippen molar-refractivity contribution >= 4 is 22.5 Å². The molecule has 0 aliphatic carbocycles. The number of hydrogen-bond donors (Lipinski definition) is 1. The van der Waals surface area contributed by atoms with E-state index in [0.717, 1.165) is 17.5 Å². The number of nitrogens with zero attached hydrogens (tertiary/aromatic N) is 2. The van der Waals surface area contributed by atoms with Crippen LogP contribution < -0.4 is 5.69 Å². The van der Waals surface area contributed by atoms with E-state index in [1.165, 1.54) is 10.6 Å². The van der Waals surface area contributed by atoms with E-state index in [1.807, 2.05) is 0 Å². The van der Waals surface area contributed by atoms with Crippen LogP contribution in [-0.4, -0.2) is 14.7 Å². The molecular formula is C15H10ClFN2O2. The molecule has 6 heteroatoms. The molecule has 1 heterocycles. The van der Waals surface area contributed by atoms with Gasteiger partial charge in [-0.3, -0.25) is 4.57 Å². The molecule has 0 aliphatic rings. The number of phenolic OH excluding ortho intramolecular Hbond substituents is 1. The second-order valence-electron chi connectivity index (χ2n) is 4.64. The topological polar surface area (TPSA) is 55.1 Å². The van der Waals surface area contributed by atoms with Crippen molar-refractivity contribution in [3.63, 3.8) is 0 Å². The first-order valence-corrected chi connectivity index (χ1v) is 6.52. The summed E-state index contributed by atoms with van der Waals surface area (Å²) in [7, 11) is 0. The summed E-state index contributed by atoms with van der Waals surface area (Å²) < 4.78 is 14.7. The lowest BCUT2D eigenvalue weighted by atomic mass is 10.2. The Bertz CT molecular complexity index is 901. The van der Waals surface area contributed by atoms with Crippen molar-refractivity contribution in [3.05, 3.63) is 63.4 Å². The second kappa shape index (κ2) is 4.86. The molecule has 0 fully saturated rings. The third-order valence-corrected chi connectivity index (χ3v) is 3.41. The summed E-state index contributed by atoms with van der Waals surface area (Å²) in [5.41, 5.74) is 0.693. The lowest BCUT2D eigenvalue weighted by Crippen LogP contribution is -2.22. The van der Waals surface area contributed by atoms with E-state index in [-0.39, 0.29) is 11.4 Å². The SMILES string of the molecule is Cc1nc(=O)n(-c2cc(O)cc(F)c2)c2cc(Cl)ccc12. The fraction of sp³-hybridized carbons (Fsp3) is 0.0667. The fourth-order valence-corrected chi connectivity index (χ4v) is 2.46. The number of rotatable bonds is 1. The summed E-state index contributed by atoms with van der Waals surface area (Å²) in [5.74, 6) is -0.916. The number of phenols is 1. The van der Waals surface area contributed by atoms with E-state index in [2.05, 4.69) is 4.98 Å². The Morgan fingerprint density at radius 2 is 2.00 bits per heavy atom. The normalized spacial score (nSPS) is 11.0. The van der Waals surface area contributed by atoms with Crippen molar-refractivity contribution < 1.29 is 9.50 Å². The quantitative estimate of drug-likeness (QED) is 0.751. The summed E-state index contributed by atoms with van der Waals surface area (Å²) in [5, 5.41) is 10.7. The molecule has 0 bridgehead atoms. The molecule has 0 saturated carbocycles. The van der Waals surface area contributed by atoms with E-state index in [0.29, 0.717) is 16.2 Å². The van der Waals surface area contributed by atoms with Gasteiger partial charge in [-0.25, -0.2) is 9.18 Å². The van der Waals surface area contributed by atoms with Gasteiger partial charge in [0.15, 0.2) is 0 Å². The van der Waals surface area contributed by atoms with Gasteiger partial charge >= 0.3 is 5.69 Å². The zero-order chi connectivity index (χ0) is 15.1. The molecule has 0 spiro atoms. The number of hydrogen-bond acceptors (Lipinski definition) is 3. The van der Waals surface area contributed by atoms with Crippen LogP contribution in [0.25, 0.3) is 16.6 Å². The zero-order valence-corrected chi connectivity index (χ0v) is 11.7. The smallest absolute Gasteiger partial charge is 0.352 e. The summed E-state index contributed by atoms with van der Waals surface area (Å²) in [4.78, 5) is 16.1. The predicted octanol–water partition coefficient (Wildman–Crippen LogP) is 3.19. The molecule has 3 aromatic rings. The molecule has 0 saturated heterocycles. The van der Waals surface area contributed by atoms with Gasteiger partial charge < -0.3 is 5.11 Å². The van der Waals surface area contributed by atoms with Crippen molar-refractivity contribution in [3.8, 4) is 11.4 Å². The van der Waals surface area contributed by atoms with Crippen LogP contribution in [0.1, 0.15) is 5.69 Å². The average Bonchev–Trinajstić information content (AvgIpc) is 2.36. The van der Waals surface area contributed by atoms with Crippen molar-refractivity contribution in [2.24, 2.45) is 0 Å². The Hall–Kier alpha value is -2.40. The van der Waals surface area contributed by atoms with Gasteiger partial charge in [-0.15, -0.1) is 0 Å². The Kier molecular flexibility index (Phi) is 3.14. The zero-order valence-electron chi connectivity index (χ0n) is 11.0. The fourth-order valence-electron chi connectivity index (χ4n) is 2.29. The van der Waals surface area contributed by atoms with Gasteiger partial charge in [-0.1, -0.05) is 11.6 Å². The molecule has 1 aromatic heterocycles. The van der Waals surface area contributed by atoms with Gasteiger partial charge in [0.05, 0.1) is 16.9 Å². The summed E-state index contributed by atoms with van der Waals surface area (Å²) in [6.45, 7) is 1.71. The summed E-state index contributed by atoms with van der Waals surface area (Å²) in [6.07, 6.45) is 0. The molecule has 2 aromatic carbocycles. The van der Waals surface area contributed by atoms with Gasteiger partial charge in [0.1, 0.15) is 11.6 Å². The second-order valence-corrected chi connectivity index (χ2v) is 5.08. The van der Waals surface area contributed by atoms with Gasteiger partial charge in [0.2, 0.25) is 0 Å². The molecule has 0 amide bonds. The van der Waals surface area contributed by atoms with Crippen LogP contribution in [0, 0.1) is 12.7 Å². The van der Waals surface area contributed by atoms with Crippen LogP contribution in [0.4, 0.5) is 4.39 Å². The highest BCUT2D eigenvalue weighted by Crippen LogP contribution is 2.24. The molecule has 3 rings (SSSR count). The molecular weight excluding hydrogens is 295 g/mol. The Labute approximate surface area is 124 Å². The molecule has 4 nitrogen and oxygen atoms in total. The van der Waals surface area contributed by atoms with Crippen LogP contribution in [0.2, 0.25) is 5.02 Å². The standard InChI is InChI=1S/C15H10ClFN2O2/c1-8-13-3-2-9(16)4-14(13)19(15(21)18-8)11-5-10(17)6-12(20)7-11/h2-7,20H,1H3. The van der Waals surface area contributed by atoms with Gasteiger partial charge in [-0.2, -0.15) is 4.98 Å². The number of aromatic nitrogens is 2. The molecule has 1 N–H and O–H groups in total. The maximum atomic E-state index is 13.5. The minimum atomic E-state index is -0.646. The highest BCUT2D eigenvalue weighted by Gasteiger charge is 2.12. The predicted molar refractivity (Wildman–Crippen MR) is 78.7 cm³/mol. The van der Waals surface area contributed by atoms with Crippen molar-refractivity contribution in [1.29, 1.82) is 0 Å². The minimum Gasteiger partial charge on any atom is -0.508 e. The summed E-state index contributed by atoms with van der Waals surface area (Å²) in [6, 6.07) is 8.45. The molecule has 0 unspecified atom stereocenters. The highest BCUT2D eigenvalue weighted by atomic mass is 35.5. The van der Waals surface area contributed by atoms with Crippen molar-refractivity contribution in [2.45, 2.75) is 6.92 Å². The number of fused-ring (bicyclic) bond motifs is 1. The maximum Gasteiger partial charge on any atom is 0.352 e.